The van der Waals surface area contributed by atoms with Crippen molar-refractivity contribution in [1.29, 1.82) is 0 Å². The minimum Gasteiger partial charge on any atom is -0.468 e. The molecule has 0 aliphatic heterocycles. The number of methoxy groups -OCH3 is 1. The first-order chi connectivity index (χ1) is 14.1. The van der Waals surface area contributed by atoms with E-state index in [9.17, 15) is 18.0 Å². The van der Waals surface area contributed by atoms with Gasteiger partial charge in [-0.05, 0) is 24.6 Å². The highest BCUT2D eigenvalue weighted by Crippen LogP contribution is 2.31. The molecule has 0 bridgehead atoms. The van der Waals surface area contributed by atoms with Crippen molar-refractivity contribution >= 4 is 79.0 Å². The van der Waals surface area contributed by atoms with Crippen molar-refractivity contribution in [1.82, 2.24) is 10.2 Å². The van der Waals surface area contributed by atoms with Crippen LogP contribution in [0.2, 0.25) is 10.0 Å². The number of benzene rings is 1. The van der Waals surface area contributed by atoms with Crippen LogP contribution in [-0.4, -0.2) is 56.2 Å². The number of hydrogen-bond donors (Lipinski definition) is 1. The molecule has 0 atom stereocenters. The van der Waals surface area contributed by atoms with E-state index in [2.05, 4.69) is 20.3 Å². The van der Waals surface area contributed by atoms with E-state index in [1.807, 2.05) is 0 Å². The Morgan fingerprint density at radius 3 is 2.70 bits per heavy atom. The molecule has 0 unspecified atom stereocenters. The number of amides is 1. The summed E-state index contributed by atoms with van der Waals surface area (Å²) in [7, 11) is -2.34. The van der Waals surface area contributed by atoms with Crippen LogP contribution in [0.25, 0.3) is 0 Å². The number of hydrogen-bond acceptors (Lipinski definition) is 9. The molecular formula is C16H18Cl2N4O5S3. The van der Waals surface area contributed by atoms with Crippen LogP contribution in [0, 0.1) is 0 Å². The Kier molecular flexibility index (Phi) is 9.16. The summed E-state index contributed by atoms with van der Waals surface area (Å²) in [6.45, 7) is 0.0443. The average molecular weight is 513 g/mol. The number of ether oxygens (including phenoxy) is 1. The number of thioether (sulfide) groups is 1. The van der Waals surface area contributed by atoms with Crippen molar-refractivity contribution in [3.05, 3.63) is 28.2 Å². The molecule has 1 amide bonds. The zero-order valence-corrected chi connectivity index (χ0v) is 19.9. The first-order valence-electron chi connectivity index (χ1n) is 8.36. The Balaban J connectivity index is 1.91. The van der Waals surface area contributed by atoms with Crippen LogP contribution in [0.5, 0.6) is 0 Å². The van der Waals surface area contributed by atoms with Gasteiger partial charge < -0.3 is 10.1 Å². The largest absolute Gasteiger partial charge is 0.468 e. The molecule has 1 heterocycles. The molecule has 1 aromatic heterocycles. The van der Waals surface area contributed by atoms with Crippen molar-refractivity contribution in [3.8, 4) is 0 Å². The van der Waals surface area contributed by atoms with Gasteiger partial charge in [-0.1, -0.05) is 46.3 Å². The second-order valence-corrected chi connectivity index (χ2v) is 10.8. The number of halogens is 2. The molecule has 1 aromatic carbocycles. The number of esters is 1. The minimum absolute atomic E-state index is 0.0443. The van der Waals surface area contributed by atoms with E-state index in [1.54, 1.807) is 6.07 Å². The summed E-state index contributed by atoms with van der Waals surface area (Å²) in [5.74, 6) is -0.649. The van der Waals surface area contributed by atoms with Gasteiger partial charge in [0.25, 0.3) is 0 Å². The lowest BCUT2D eigenvalue weighted by Crippen LogP contribution is -2.31. The lowest BCUT2D eigenvalue weighted by Gasteiger charge is -2.23. The van der Waals surface area contributed by atoms with Gasteiger partial charge in [0, 0.05) is 18.0 Å². The van der Waals surface area contributed by atoms with Crippen LogP contribution >= 0.6 is 46.3 Å². The molecule has 2 rings (SSSR count). The minimum atomic E-state index is -3.63. The molecule has 1 N–H and O–H groups in total. The number of carbonyl (C=O) groups is 2. The first kappa shape index (κ1) is 24.7. The number of sulfonamides is 1. The van der Waals surface area contributed by atoms with Crippen LogP contribution in [-0.2, 0) is 24.3 Å². The summed E-state index contributed by atoms with van der Waals surface area (Å²) in [6.07, 6.45) is 1.35. The predicted octanol–water partition coefficient (Wildman–Crippen LogP) is 3.29. The zero-order chi connectivity index (χ0) is 22.3. The normalized spacial score (nSPS) is 11.2. The summed E-state index contributed by atoms with van der Waals surface area (Å²) in [4.78, 5) is 23.3. The summed E-state index contributed by atoms with van der Waals surface area (Å²) >= 11 is 14.3. The fourth-order valence-corrected chi connectivity index (χ4v) is 5.21. The molecule has 2 aromatic rings. The van der Waals surface area contributed by atoms with Gasteiger partial charge in [0.15, 0.2) is 4.34 Å². The van der Waals surface area contributed by atoms with Crippen molar-refractivity contribution in [2.45, 2.75) is 17.2 Å². The summed E-state index contributed by atoms with van der Waals surface area (Å²) in [6, 6.07) is 4.52. The van der Waals surface area contributed by atoms with E-state index < -0.39 is 16.0 Å². The fourth-order valence-electron chi connectivity index (χ4n) is 2.21. The maximum Gasteiger partial charge on any atom is 0.316 e. The van der Waals surface area contributed by atoms with Crippen LogP contribution < -0.4 is 9.62 Å². The summed E-state index contributed by atoms with van der Waals surface area (Å²) in [5, 5.41) is 11.2. The van der Waals surface area contributed by atoms with Gasteiger partial charge in [-0.3, -0.25) is 13.9 Å². The third kappa shape index (κ3) is 7.58. The zero-order valence-electron chi connectivity index (χ0n) is 15.9. The van der Waals surface area contributed by atoms with Gasteiger partial charge >= 0.3 is 5.97 Å². The number of nitrogens with zero attached hydrogens (tertiary/aromatic N) is 3. The molecular weight excluding hydrogens is 495 g/mol. The first-order valence-corrected chi connectivity index (χ1v) is 12.8. The predicted molar refractivity (Wildman–Crippen MR) is 119 cm³/mol. The molecule has 0 fully saturated rings. The van der Waals surface area contributed by atoms with Crippen LogP contribution in [0.1, 0.15) is 12.8 Å². The number of rotatable bonds is 10. The van der Waals surface area contributed by atoms with E-state index in [4.69, 9.17) is 23.2 Å². The molecule has 0 aliphatic carbocycles. The molecule has 0 radical (unpaired) electrons. The van der Waals surface area contributed by atoms with Crippen molar-refractivity contribution in [2.75, 3.05) is 35.3 Å². The second kappa shape index (κ2) is 11.1. The Labute approximate surface area is 192 Å². The molecule has 9 nitrogen and oxygen atoms in total. The maximum atomic E-state index is 12.2. The van der Waals surface area contributed by atoms with Gasteiger partial charge in [-0.2, -0.15) is 0 Å². The maximum absolute atomic E-state index is 12.2. The van der Waals surface area contributed by atoms with Gasteiger partial charge in [0.1, 0.15) is 0 Å². The fraction of sp³-hybridized carbons (Fsp3) is 0.375. The van der Waals surface area contributed by atoms with Crippen LogP contribution in [0.15, 0.2) is 22.5 Å². The molecule has 0 aliphatic rings. The summed E-state index contributed by atoms with van der Waals surface area (Å²) < 4.78 is 30.5. The number of carbonyl (C=O) groups excluding carboxylic acids is 2. The molecule has 30 heavy (non-hydrogen) atoms. The molecule has 0 saturated heterocycles. The highest BCUT2D eigenvalue weighted by molar-refractivity contribution is 8.01. The number of nitrogens with one attached hydrogen (secondary N) is 1. The Morgan fingerprint density at radius 2 is 2.03 bits per heavy atom. The topological polar surface area (TPSA) is 119 Å². The van der Waals surface area contributed by atoms with E-state index in [0.29, 0.717) is 9.36 Å². The van der Waals surface area contributed by atoms with E-state index in [-0.39, 0.29) is 46.9 Å². The standard InChI is InChI=1S/C16H18Cl2N4O5S3/c1-27-14(24)9-28-16-21-20-15(29-16)19-13(23)4-3-7-22(30(2,25)26)12-8-10(17)5-6-11(12)18/h5-6,8H,3-4,7,9H2,1-2H3,(H,19,20,23). The monoisotopic (exact) mass is 512 g/mol. The van der Waals surface area contributed by atoms with Crippen LogP contribution in [0.4, 0.5) is 10.8 Å². The van der Waals surface area contributed by atoms with Gasteiger partial charge in [-0.25, -0.2) is 8.42 Å². The summed E-state index contributed by atoms with van der Waals surface area (Å²) in [5.41, 5.74) is 0.253. The van der Waals surface area contributed by atoms with Gasteiger partial charge in [-0.15, -0.1) is 10.2 Å². The highest BCUT2D eigenvalue weighted by Gasteiger charge is 2.21. The number of aromatic nitrogens is 2. The van der Waals surface area contributed by atoms with Gasteiger partial charge in [0.2, 0.25) is 21.1 Å². The third-order valence-electron chi connectivity index (χ3n) is 3.54. The molecule has 14 heteroatoms. The molecule has 0 spiro atoms. The average Bonchev–Trinajstić information content (AvgIpc) is 3.11. The van der Waals surface area contributed by atoms with Crippen molar-refractivity contribution < 1.29 is 22.7 Å². The highest BCUT2D eigenvalue weighted by atomic mass is 35.5. The number of anilines is 2. The van der Waals surface area contributed by atoms with E-state index in [0.717, 1.165) is 33.7 Å². The Bertz CT molecular complexity index is 1020. The van der Waals surface area contributed by atoms with Crippen LogP contribution in [0.3, 0.4) is 0 Å². The van der Waals surface area contributed by atoms with E-state index >= 15 is 0 Å². The lowest BCUT2D eigenvalue weighted by molar-refractivity contribution is -0.137. The second-order valence-electron chi connectivity index (χ2n) is 5.82. The van der Waals surface area contributed by atoms with Crippen molar-refractivity contribution in [3.63, 3.8) is 0 Å². The van der Waals surface area contributed by atoms with Gasteiger partial charge in [0.05, 0.1) is 29.8 Å². The smallest absolute Gasteiger partial charge is 0.316 e. The van der Waals surface area contributed by atoms with Crippen molar-refractivity contribution in [2.24, 2.45) is 0 Å². The Morgan fingerprint density at radius 1 is 1.30 bits per heavy atom. The lowest BCUT2D eigenvalue weighted by atomic mass is 10.2. The molecule has 0 saturated carbocycles. The SMILES string of the molecule is COC(=O)CSc1nnc(NC(=O)CCCN(c2cc(Cl)ccc2Cl)S(C)(=O)=O)s1. The third-order valence-corrected chi connectivity index (χ3v) is 7.22. The molecule has 164 valence electrons. The van der Waals surface area contributed by atoms with E-state index in [1.165, 1.54) is 19.2 Å². The quantitative estimate of drug-likeness (QED) is 0.292. The Hall–Kier alpha value is -1.60.